The number of benzene rings is 2. The van der Waals surface area contributed by atoms with Crippen molar-refractivity contribution in [1.82, 2.24) is 0 Å². The number of nitro groups is 1. The van der Waals surface area contributed by atoms with Crippen molar-refractivity contribution >= 4 is 29.4 Å². The summed E-state index contributed by atoms with van der Waals surface area (Å²) in [7, 11) is 0. The van der Waals surface area contributed by atoms with Gasteiger partial charge >= 0.3 is 0 Å². The summed E-state index contributed by atoms with van der Waals surface area (Å²) in [5, 5.41) is 13.4. The lowest BCUT2D eigenvalue weighted by atomic mass is 10.1. The van der Waals surface area contributed by atoms with Crippen LogP contribution in [-0.4, -0.2) is 10.8 Å². The van der Waals surface area contributed by atoms with Crippen molar-refractivity contribution in [2.75, 3.05) is 5.32 Å². The van der Waals surface area contributed by atoms with Crippen LogP contribution in [0.3, 0.4) is 0 Å². The van der Waals surface area contributed by atoms with Crippen molar-refractivity contribution in [2.45, 2.75) is 6.92 Å². The van der Waals surface area contributed by atoms with E-state index in [1.54, 1.807) is 18.2 Å². The van der Waals surface area contributed by atoms with Crippen LogP contribution in [-0.2, 0) is 4.79 Å². The largest absolute Gasteiger partial charge is 0.326 e. The van der Waals surface area contributed by atoms with Crippen LogP contribution in [0.4, 0.5) is 11.4 Å². The molecule has 0 bridgehead atoms. The first-order valence-corrected chi connectivity index (χ1v) is 7.01. The summed E-state index contributed by atoms with van der Waals surface area (Å²) in [5.41, 5.74) is 2.58. The molecular formula is C18H16N2O3. The first kappa shape index (κ1) is 16.2. The van der Waals surface area contributed by atoms with Crippen molar-refractivity contribution in [3.05, 3.63) is 81.9 Å². The molecule has 23 heavy (non-hydrogen) atoms. The third-order valence-corrected chi connectivity index (χ3v) is 3.00. The number of hydrogen-bond donors (Lipinski definition) is 1. The van der Waals surface area contributed by atoms with Gasteiger partial charge in [0.1, 0.15) is 0 Å². The SMILES string of the molecule is CC(=O)Nc1ccc(/C=C/C=Cc2cccc([N+](=O)[O-])c2)cc1. The highest BCUT2D eigenvalue weighted by Crippen LogP contribution is 2.14. The van der Waals surface area contributed by atoms with Crippen LogP contribution in [0, 0.1) is 10.1 Å². The fraction of sp³-hybridized carbons (Fsp3) is 0.0556. The Bertz CT molecular complexity index is 762. The maximum Gasteiger partial charge on any atom is 0.270 e. The Balaban J connectivity index is 1.99. The van der Waals surface area contributed by atoms with E-state index in [9.17, 15) is 14.9 Å². The molecule has 0 atom stereocenters. The second-order valence-electron chi connectivity index (χ2n) is 4.87. The maximum atomic E-state index is 10.9. The first-order valence-electron chi connectivity index (χ1n) is 7.01. The van der Waals surface area contributed by atoms with E-state index in [0.29, 0.717) is 0 Å². The molecule has 0 aliphatic carbocycles. The van der Waals surface area contributed by atoms with Gasteiger partial charge in [-0.25, -0.2) is 0 Å². The number of anilines is 1. The lowest BCUT2D eigenvalue weighted by Crippen LogP contribution is -2.05. The highest BCUT2D eigenvalue weighted by molar-refractivity contribution is 5.88. The molecule has 0 unspecified atom stereocenters. The van der Waals surface area contributed by atoms with Gasteiger partial charge in [0.15, 0.2) is 0 Å². The van der Waals surface area contributed by atoms with Gasteiger partial charge in [0, 0.05) is 24.7 Å². The van der Waals surface area contributed by atoms with Gasteiger partial charge < -0.3 is 5.32 Å². The summed E-state index contributed by atoms with van der Waals surface area (Å²) < 4.78 is 0. The number of non-ortho nitro benzene ring substituents is 1. The van der Waals surface area contributed by atoms with Gasteiger partial charge in [-0.1, -0.05) is 48.6 Å². The molecule has 0 spiro atoms. The number of hydrogen-bond acceptors (Lipinski definition) is 3. The van der Waals surface area contributed by atoms with Crippen LogP contribution in [0.15, 0.2) is 60.7 Å². The molecule has 2 aromatic rings. The summed E-state index contributed by atoms with van der Waals surface area (Å²) in [6.07, 6.45) is 7.38. The summed E-state index contributed by atoms with van der Waals surface area (Å²) in [4.78, 5) is 21.2. The number of nitrogens with one attached hydrogen (secondary N) is 1. The summed E-state index contributed by atoms with van der Waals surface area (Å²) in [6.45, 7) is 1.46. The highest BCUT2D eigenvalue weighted by Gasteiger charge is 2.03. The molecule has 5 nitrogen and oxygen atoms in total. The van der Waals surface area contributed by atoms with Gasteiger partial charge in [0.2, 0.25) is 5.91 Å². The topological polar surface area (TPSA) is 72.2 Å². The second-order valence-corrected chi connectivity index (χ2v) is 4.87. The van der Waals surface area contributed by atoms with Crippen molar-refractivity contribution < 1.29 is 9.72 Å². The van der Waals surface area contributed by atoms with E-state index in [-0.39, 0.29) is 11.6 Å². The van der Waals surface area contributed by atoms with Gasteiger partial charge in [0.25, 0.3) is 5.69 Å². The summed E-state index contributed by atoms with van der Waals surface area (Å²) in [5.74, 6) is -0.104. The average molecular weight is 308 g/mol. The third-order valence-electron chi connectivity index (χ3n) is 3.00. The molecule has 5 heteroatoms. The zero-order valence-electron chi connectivity index (χ0n) is 12.6. The van der Waals surface area contributed by atoms with Crippen LogP contribution in [0.1, 0.15) is 18.1 Å². The minimum atomic E-state index is -0.413. The Hall–Kier alpha value is -3.21. The van der Waals surface area contributed by atoms with E-state index in [4.69, 9.17) is 0 Å². The van der Waals surface area contributed by atoms with Gasteiger partial charge in [-0.15, -0.1) is 0 Å². The van der Waals surface area contributed by atoms with Crippen molar-refractivity contribution in [2.24, 2.45) is 0 Å². The number of amides is 1. The van der Waals surface area contributed by atoms with Crippen molar-refractivity contribution in [1.29, 1.82) is 0 Å². The summed E-state index contributed by atoms with van der Waals surface area (Å²) >= 11 is 0. The molecule has 0 heterocycles. The van der Waals surface area contributed by atoms with E-state index in [1.165, 1.54) is 19.1 Å². The first-order chi connectivity index (χ1) is 11.0. The standard InChI is InChI=1S/C18H16N2O3/c1-14(21)19-17-11-9-15(10-12-17)5-2-3-6-16-7-4-8-18(13-16)20(22)23/h2-13H,1H3,(H,19,21)/b5-2+,6-3?. The molecule has 0 aliphatic rings. The number of nitrogens with zero attached hydrogens (tertiary/aromatic N) is 1. The Morgan fingerprint density at radius 3 is 2.30 bits per heavy atom. The lowest BCUT2D eigenvalue weighted by molar-refractivity contribution is -0.384. The van der Waals surface area contributed by atoms with Crippen LogP contribution in [0.2, 0.25) is 0 Å². The number of allylic oxidation sites excluding steroid dienone is 2. The number of nitro benzene ring substituents is 1. The van der Waals surface area contributed by atoms with E-state index in [2.05, 4.69) is 5.32 Å². The van der Waals surface area contributed by atoms with Crippen LogP contribution in [0.5, 0.6) is 0 Å². The molecule has 0 saturated heterocycles. The molecule has 0 saturated carbocycles. The van der Waals surface area contributed by atoms with Crippen LogP contribution >= 0.6 is 0 Å². The van der Waals surface area contributed by atoms with Crippen LogP contribution < -0.4 is 5.32 Å². The average Bonchev–Trinajstić information content (AvgIpc) is 2.53. The van der Waals surface area contributed by atoms with Gasteiger partial charge in [0.05, 0.1) is 4.92 Å². The quantitative estimate of drug-likeness (QED) is 0.509. The van der Waals surface area contributed by atoms with Gasteiger partial charge in [-0.2, -0.15) is 0 Å². The van der Waals surface area contributed by atoms with E-state index < -0.39 is 4.92 Å². The number of carbonyl (C=O) groups excluding carboxylic acids is 1. The fourth-order valence-electron chi connectivity index (χ4n) is 1.96. The van der Waals surface area contributed by atoms with Crippen molar-refractivity contribution in [3.8, 4) is 0 Å². The highest BCUT2D eigenvalue weighted by atomic mass is 16.6. The zero-order valence-corrected chi connectivity index (χ0v) is 12.6. The minimum Gasteiger partial charge on any atom is -0.326 e. The molecule has 0 fully saturated rings. The zero-order chi connectivity index (χ0) is 16.7. The van der Waals surface area contributed by atoms with Crippen molar-refractivity contribution in [3.63, 3.8) is 0 Å². The Morgan fingerprint density at radius 2 is 1.70 bits per heavy atom. The van der Waals surface area contributed by atoms with E-state index in [0.717, 1.165) is 16.8 Å². The molecule has 2 aromatic carbocycles. The molecule has 2 rings (SSSR count). The monoisotopic (exact) mass is 308 g/mol. The fourth-order valence-corrected chi connectivity index (χ4v) is 1.96. The van der Waals surface area contributed by atoms with Gasteiger partial charge in [-0.3, -0.25) is 14.9 Å². The normalized spacial score (nSPS) is 11.0. The Labute approximate surface area is 134 Å². The summed E-state index contributed by atoms with van der Waals surface area (Å²) in [6, 6.07) is 13.9. The molecule has 0 aromatic heterocycles. The Morgan fingerprint density at radius 1 is 1.04 bits per heavy atom. The smallest absolute Gasteiger partial charge is 0.270 e. The number of rotatable bonds is 5. The van der Waals surface area contributed by atoms with E-state index in [1.807, 2.05) is 42.5 Å². The molecule has 0 radical (unpaired) electrons. The second kappa shape index (κ2) is 7.70. The predicted octanol–water partition coefficient (Wildman–Crippen LogP) is 4.28. The predicted molar refractivity (Wildman–Crippen MR) is 91.9 cm³/mol. The van der Waals surface area contributed by atoms with Gasteiger partial charge in [-0.05, 0) is 23.3 Å². The molecule has 1 amide bonds. The molecule has 0 aliphatic heterocycles. The lowest BCUT2D eigenvalue weighted by Gasteiger charge is -2.01. The maximum absolute atomic E-state index is 10.9. The van der Waals surface area contributed by atoms with E-state index >= 15 is 0 Å². The molecule has 1 N–H and O–H groups in total. The minimum absolute atomic E-state index is 0.0738. The molecule has 116 valence electrons. The third kappa shape index (κ3) is 5.24. The molecular weight excluding hydrogens is 292 g/mol. The van der Waals surface area contributed by atoms with Crippen LogP contribution in [0.25, 0.3) is 12.2 Å². The number of carbonyl (C=O) groups is 1. The Kier molecular flexibility index (Phi) is 5.41.